The predicted octanol–water partition coefficient (Wildman–Crippen LogP) is 21.2. The number of carbonyl (C=O) groups excluding carboxylic acids is 9. The molecule has 4 fully saturated rings. The van der Waals surface area contributed by atoms with Crippen molar-refractivity contribution in [2.45, 2.75) is 271 Å². The number of nitrogens with one attached hydrogen (secondary N) is 2. The first-order chi connectivity index (χ1) is 67.0. The molecule has 0 saturated carbocycles. The molecule has 144 heavy (non-hydrogen) atoms. The molecule has 6 N–H and O–H groups in total. The van der Waals surface area contributed by atoms with Crippen molar-refractivity contribution in [3.63, 3.8) is 0 Å². The molecule has 39 heteroatoms. The third-order valence-corrected chi connectivity index (χ3v) is 49.1. The molecular formula is C105H162N8O26Si5. The van der Waals surface area contributed by atoms with Crippen LogP contribution >= 0.6 is 0 Å². The number of aliphatic hydroxyl groups excluding tert-OH is 3. The van der Waals surface area contributed by atoms with E-state index in [4.69, 9.17) is 71.4 Å². The van der Waals surface area contributed by atoms with E-state index in [1.165, 1.54) is 24.2 Å². The van der Waals surface area contributed by atoms with E-state index in [1.54, 1.807) is 31.2 Å². The fourth-order valence-electron chi connectivity index (χ4n) is 12.1. The lowest BCUT2D eigenvalue weighted by molar-refractivity contribution is -0.145. The van der Waals surface area contributed by atoms with Crippen molar-refractivity contribution in [3.8, 4) is 0 Å². The number of nitrogens with zero attached hydrogens (tertiary/aromatic N) is 6. The number of rotatable bonds is 35. The molecule has 10 atom stereocenters. The molecule has 0 spiro atoms. The van der Waals surface area contributed by atoms with E-state index >= 15 is 0 Å². The summed E-state index contributed by atoms with van der Waals surface area (Å²) in [6.07, 6.45) is 7.93. The lowest BCUT2D eigenvalue weighted by atomic mass is 9.99. The Morgan fingerprint density at radius 2 is 0.812 bits per heavy atom. The zero-order valence-corrected chi connectivity index (χ0v) is 95.0. The third kappa shape index (κ3) is 42.7. The minimum absolute atomic E-state index is 0.0261. The van der Waals surface area contributed by atoms with Crippen molar-refractivity contribution in [1.29, 1.82) is 0 Å². The summed E-state index contributed by atoms with van der Waals surface area (Å²) in [6.45, 7) is 62.5. The van der Waals surface area contributed by atoms with E-state index < -0.39 is 126 Å². The summed E-state index contributed by atoms with van der Waals surface area (Å²) in [7, 11) is -7.81. The molecule has 4 aliphatic rings. The number of benzene rings is 5. The molecule has 9 rings (SSSR count). The zero-order chi connectivity index (χ0) is 109. The van der Waals surface area contributed by atoms with Gasteiger partial charge in [-0.2, -0.15) is 0 Å². The largest absolute Gasteiger partial charge is 0.478 e. The molecule has 0 aliphatic carbocycles. The Hall–Kier alpha value is -10.8. The van der Waals surface area contributed by atoms with Crippen LogP contribution in [0.2, 0.25) is 90.7 Å². The first-order valence-electron chi connectivity index (χ1n) is 48.3. The van der Waals surface area contributed by atoms with Crippen LogP contribution in [0, 0.1) is 17.8 Å². The van der Waals surface area contributed by atoms with Gasteiger partial charge >= 0.3 is 48.4 Å². The number of hydrogen-bond donors (Lipinski definition) is 6. The van der Waals surface area contributed by atoms with Gasteiger partial charge in [-0.15, -0.1) is 0 Å². The monoisotopic (exact) mass is 2090 g/mol. The lowest BCUT2D eigenvalue weighted by Crippen LogP contribution is -2.49. The Labute approximate surface area is 857 Å². The van der Waals surface area contributed by atoms with E-state index in [0.29, 0.717) is 39.6 Å². The molecule has 4 heterocycles. The number of carboxylic acid groups (broad SMARTS) is 1. The average molecular weight is 2090 g/mol. The van der Waals surface area contributed by atoms with E-state index in [0.717, 1.165) is 43.7 Å². The summed E-state index contributed by atoms with van der Waals surface area (Å²) in [5.41, 5.74) is 13.4. The van der Waals surface area contributed by atoms with Gasteiger partial charge in [-0.3, -0.25) is 14.5 Å². The summed E-state index contributed by atoms with van der Waals surface area (Å²) in [6, 6.07) is 43.1. The van der Waals surface area contributed by atoms with E-state index in [-0.39, 0.29) is 107 Å². The molecule has 34 nitrogen and oxygen atoms in total. The Kier molecular flexibility index (Phi) is 52.9. The Bertz CT molecular complexity index is 4870. The van der Waals surface area contributed by atoms with Gasteiger partial charge in [0, 0.05) is 48.2 Å². The highest BCUT2D eigenvalue weighted by molar-refractivity contribution is 6.75. The first kappa shape index (κ1) is 127. The van der Waals surface area contributed by atoms with Crippen LogP contribution in [0.25, 0.3) is 10.4 Å². The van der Waals surface area contributed by atoms with Crippen molar-refractivity contribution < 1.29 is 124 Å². The van der Waals surface area contributed by atoms with Crippen LogP contribution in [-0.2, 0) is 92.5 Å². The number of carbonyl (C=O) groups is 10. The van der Waals surface area contributed by atoms with Gasteiger partial charge in [0.1, 0.15) is 63.4 Å². The van der Waals surface area contributed by atoms with Gasteiger partial charge in [0.2, 0.25) is 0 Å². The molecule has 0 radical (unpaired) electrons. The van der Waals surface area contributed by atoms with Gasteiger partial charge < -0.3 is 86.3 Å². The topological polar surface area (TPSA) is 445 Å². The second kappa shape index (κ2) is 59.7. The summed E-state index contributed by atoms with van der Waals surface area (Å²) < 4.78 is 64.6. The average Bonchev–Trinajstić information content (AvgIpc) is 1.57. The number of methoxy groups -OCH3 is 1. The van der Waals surface area contributed by atoms with Crippen molar-refractivity contribution in [3.05, 3.63) is 239 Å². The number of amides is 7. The number of cyclic esters (lactones) is 4. The van der Waals surface area contributed by atoms with Gasteiger partial charge in [0.25, 0.3) is 11.8 Å². The van der Waals surface area contributed by atoms with Crippen LogP contribution in [0.4, 0.5) is 24.0 Å². The summed E-state index contributed by atoms with van der Waals surface area (Å²) in [4.78, 5) is 124. The van der Waals surface area contributed by atoms with Gasteiger partial charge in [-0.05, 0) is 130 Å². The van der Waals surface area contributed by atoms with Crippen LogP contribution in [0.3, 0.4) is 0 Å². The normalized spacial score (nSPS) is 17.8. The van der Waals surface area contributed by atoms with Crippen LogP contribution in [0.5, 0.6) is 0 Å². The van der Waals surface area contributed by atoms with Gasteiger partial charge in [0.05, 0.1) is 58.8 Å². The highest BCUT2D eigenvalue weighted by Crippen LogP contribution is 2.42. The summed E-state index contributed by atoms with van der Waals surface area (Å²) in [5.74, 6) is -3.50. The fourth-order valence-corrected chi connectivity index (χ4v) is 17.0. The van der Waals surface area contributed by atoms with E-state index in [9.17, 15) is 53.1 Å². The van der Waals surface area contributed by atoms with Gasteiger partial charge in [-0.25, -0.2) is 48.2 Å². The third-order valence-electron chi connectivity index (χ3n) is 26.6. The molecule has 7 amide bonds. The number of esters is 2. The SMILES string of the molecule is CC(C)(C)[Si](C)(C)OC/C=C/C(=O)N1C(=O)OC[C@H]1c1ccccc1.CC(C)(C)[Si](C)(C)OC/C=C/CO.CC(C)(C)[Si](C)(C)OC/C=C\C(=O)N1C(=O)OC[C@H]1c1ccccc1.CC(C)(C)[Si](C)(C)OC/C=C\C(=O)O.COC(=O)[C@@H](NC(=O)OCc1ccccc1)[C@@H](C)CO.C[C@H](CO[Si](C)(C)C(C)(C)C)[C@@H](N=[N+]=[N-])C(O)N1C(=O)OC[C@H]1c1ccccc1.C[C@H]1COC(=O)[C@H]1NC(=O)OCc1ccccc1. The summed E-state index contributed by atoms with van der Waals surface area (Å²) >= 11 is 0. The van der Waals surface area contributed by atoms with Crippen molar-refractivity contribution in [1.82, 2.24) is 25.3 Å². The van der Waals surface area contributed by atoms with Crippen LogP contribution < -0.4 is 10.6 Å². The highest BCUT2D eigenvalue weighted by Gasteiger charge is 2.47. The number of azide groups is 1. The number of imide groups is 2. The van der Waals surface area contributed by atoms with Crippen molar-refractivity contribution in [2.24, 2.45) is 22.9 Å². The van der Waals surface area contributed by atoms with E-state index in [1.807, 2.05) is 172 Å². The zero-order valence-electron chi connectivity index (χ0n) is 90.0. The summed E-state index contributed by atoms with van der Waals surface area (Å²) in [5, 5.41) is 46.4. The fraction of sp³-hybridized carbons (Fsp3) is 0.543. The number of hydrogen-bond acceptors (Lipinski definition) is 26. The molecule has 798 valence electrons. The Morgan fingerprint density at radius 3 is 1.15 bits per heavy atom. The minimum Gasteiger partial charge on any atom is -0.478 e. The lowest BCUT2D eigenvalue weighted by Gasteiger charge is -2.38. The maximum Gasteiger partial charge on any atom is 0.417 e. The molecular weight excluding hydrogens is 1930 g/mol. The van der Waals surface area contributed by atoms with Crippen molar-refractivity contribution in [2.75, 3.05) is 79.8 Å². The van der Waals surface area contributed by atoms with Gasteiger partial charge in [-0.1, -0.05) is 312 Å². The van der Waals surface area contributed by atoms with Crippen LogP contribution in [-0.4, -0.2) is 241 Å². The maximum atomic E-state index is 12.5. The second-order valence-corrected chi connectivity index (χ2v) is 66.7. The number of alkyl carbamates (subject to hydrolysis) is 2. The number of carboxylic acids is 1. The number of ether oxygens (including phenoxy) is 7. The van der Waals surface area contributed by atoms with Crippen LogP contribution in [0.15, 0.2) is 205 Å². The number of aliphatic carboxylic acids is 1. The molecule has 0 aromatic heterocycles. The maximum absolute atomic E-state index is 12.5. The smallest absolute Gasteiger partial charge is 0.417 e. The van der Waals surface area contributed by atoms with Crippen LogP contribution in [0.1, 0.15) is 171 Å². The molecule has 5 aromatic carbocycles. The molecule has 4 aliphatic heterocycles. The quantitative estimate of drug-likeness (QED) is 0.00321. The van der Waals surface area contributed by atoms with Gasteiger partial charge in [0.15, 0.2) is 41.6 Å². The van der Waals surface area contributed by atoms with E-state index in [2.05, 4.69) is 195 Å². The molecule has 5 aromatic rings. The molecule has 1 unspecified atom stereocenters. The van der Waals surface area contributed by atoms with Crippen molar-refractivity contribution >= 4 is 102 Å². The molecule has 0 bridgehead atoms. The second-order valence-electron chi connectivity index (χ2n) is 42.6. The predicted molar refractivity (Wildman–Crippen MR) is 568 cm³/mol. The molecule has 4 saturated heterocycles. The standard InChI is InChI=1S/C20H32N4O4Si.2C19H27NO4Si.C14H19NO5.C13H15NO4.C10H20O3Si.C10H22O2Si/c1-14(12-28-29(5,6)20(2,3)4)17(22-23-21)18(25)24-16(13-27-19(24)26)15-10-8-7-9-11-15;2*1-19(2,3)25(4,5)24-13-9-12-17(21)20-16(14-23-18(20)22)15-10-7-6-8-11-15;1-10(8-16)12(13(17)19-2)15-14(18)20-9-11-6-4-3-5-7-11;1-9-7-17-12(15)11(9)14-13(16)18-8-10-5-3-2-4-6-10;1-10(2,3)14(4,5)13-8-6-7-9(11)12;1-10(2,3)13(4,5)12-9-7-6-8-11/h7-11,14,16-18,25H,12-13H2,1-6H3;2*6-12,16H,13-14H2,1-5H3;3-7,10,12,16H,8-9H2,1-2H3,(H,15,18);2-6,9,11H,7-8H2,1H3,(H,14,16);6-7H,8H2,1-5H3,(H,11,12);6-7,11H,8-9H2,1-5H3/b;12-9+;12-9-;;;7-6-;7-6+/t14-,16+,17-,18?;2*16-;10-,12-;9-,11-;;/m10000../s1. The minimum atomic E-state index is -2.00. The first-order valence-corrected chi connectivity index (χ1v) is 62.8. The highest BCUT2D eigenvalue weighted by atomic mass is 28.4. The Balaban J connectivity index is 0.000000439. The number of aliphatic hydroxyl groups is 3. The Morgan fingerprint density at radius 1 is 0.472 bits per heavy atom.